The molecule has 1 fully saturated rings. The Labute approximate surface area is 197 Å². The van der Waals surface area contributed by atoms with Gasteiger partial charge in [0, 0.05) is 12.1 Å². The summed E-state index contributed by atoms with van der Waals surface area (Å²) in [4.78, 5) is 24.2. The van der Waals surface area contributed by atoms with Crippen LogP contribution in [-0.4, -0.2) is 76.4 Å². The van der Waals surface area contributed by atoms with Gasteiger partial charge in [0.1, 0.15) is 41.0 Å². The van der Waals surface area contributed by atoms with E-state index in [9.17, 15) is 35.1 Å². The Kier molecular flexibility index (Phi) is 6.54. The van der Waals surface area contributed by atoms with E-state index < -0.39 is 47.9 Å². The Bertz CT molecular complexity index is 1320. The van der Waals surface area contributed by atoms with Crippen LogP contribution in [0.3, 0.4) is 0 Å². The quantitative estimate of drug-likeness (QED) is 0.322. The van der Waals surface area contributed by atoms with Crippen molar-refractivity contribution in [2.24, 2.45) is 0 Å². The fourth-order valence-electron chi connectivity index (χ4n) is 3.81. The van der Waals surface area contributed by atoms with Gasteiger partial charge in [0.15, 0.2) is 22.9 Å². The number of aliphatic hydroxyl groups is 3. The molecule has 2 heterocycles. The highest BCUT2D eigenvalue weighted by Gasteiger charge is 2.48. The molecule has 5 N–H and O–H groups in total. The second kappa shape index (κ2) is 9.43. The molecule has 35 heavy (non-hydrogen) atoms. The molecule has 0 amide bonds. The first-order valence-corrected chi connectivity index (χ1v) is 10.3. The van der Waals surface area contributed by atoms with E-state index in [2.05, 4.69) is 0 Å². The Hall–Kier alpha value is -3.84. The lowest BCUT2D eigenvalue weighted by atomic mass is 9.99. The molecule has 5 atom stereocenters. The Balaban J connectivity index is 1.84. The number of fused-ring (bicyclic) bond motifs is 1. The van der Waals surface area contributed by atoms with E-state index in [1.54, 1.807) is 24.3 Å². The van der Waals surface area contributed by atoms with Crippen molar-refractivity contribution in [2.75, 3.05) is 14.2 Å². The predicted molar refractivity (Wildman–Crippen MR) is 118 cm³/mol. The van der Waals surface area contributed by atoms with E-state index in [0.717, 1.165) is 6.07 Å². The number of phenolic OH excluding ortho intramolecular Hbond substituents is 1. The van der Waals surface area contributed by atoms with Crippen molar-refractivity contribution in [3.8, 4) is 34.3 Å². The second-order valence-electron chi connectivity index (χ2n) is 7.66. The minimum atomic E-state index is -1.92. The monoisotopic (exact) mass is 490 g/mol. The van der Waals surface area contributed by atoms with E-state index in [1.165, 1.54) is 20.3 Å². The van der Waals surface area contributed by atoms with Crippen LogP contribution in [0, 0.1) is 0 Å². The SMILES string of the molecule is COc1ccccc1-c1cc(=O)c2c(O)cc(OC3O[C@H](C(=O)O)[C@@H](O)[C@H](O)[C@H]3O)c(OC)c2o1. The number of benzene rings is 2. The highest BCUT2D eigenvalue weighted by molar-refractivity contribution is 5.92. The summed E-state index contributed by atoms with van der Waals surface area (Å²) in [5.41, 5.74) is -0.376. The molecule has 0 aliphatic carbocycles. The van der Waals surface area contributed by atoms with Crippen LogP contribution in [-0.2, 0) is 9.53 Å². The number of para-hydroxylation sites is 1. The van der Waals surface area contributed by atoms with Gasteiger partial charge in [-0.25, -0.2) is 4.79 Å². The number of aliphatic hydroxyl groups excluding tert-OH is 3. The summed E-state index contributed by atoms with van der Waals surface area (Å²) >= 11 is 0. The minimum Gasteiger partial charge on any atom is -0.507 e. The van der Waals surface area contributed by atoms with E-state index in [0.29, 0.717) is 11.3 Å². The number of aromatic hydroxyl groups is 1. The maximum absolute atomic E-state index is 12.9. The van der Waals surface area contributed by atoms with Gasteiger partial charge in [0.05, 0.1) is 19.8 Å². The van der Waals surface area contributed by atoms with Crippen LogP contribution in [0.25, 0.3) is 22.3 Å². The third-order valence-corrected chi connectivity index (χ3v) is 5.53. The van der Waals surface area contributed by atoms with E-state index in [1.807, 2.05) is 0 Å². The summed E-state index contributed by atoms with van der Waals surface area (Å²) in [6.07, 6.45) is -9.39. The number of methoxy groups -OCH3 is 2. The lowest BCUT2D eigenvalue weighted by molar-refractivity contribution is -0.271. The van der Waals surface area contributed by atoms with Gasteiger partial charge in [-0.05, 0) is 12.1 Å². The molecule has 4 rings (SSSR count). The highest BCUT2D eigenvalue weighted by Crippen LogP contribution is 2.43. The third-order valence-electron chi connectivity index (χ3n) is 5.53. The highest BCUT2D eigenvalue weighted by atomic mass is 16.7. The van der Waals surface area contributed by atoms with Crippen LogP contribution >= 0.6 is 0 Å². The zero-order valence-corrected chi connectivity index (χ0v) is 18.4. The number of rotatable bonds is 6. The maximum Gasteiger partial charge on any atom is 0.335 e. The van der Waals surface area contributed by atoms with Gasteiger partial charge in [-0.2, -0.15) is 0 Å². The van der Waals surface area contributed by atoms with Crippen LogP contribution in [0.2, 0.25) is 0 Å². The van der Waals surface area contributed by atoms with Crippen LogP contribution in [0.1, 0.15) is 0 Å². The molecule has 1 aliphatic rings. The van der Waals surface area contributed by atoms with Gasteiger partial charge in [0.25, 0.3) is 0 Å². The summed E-state index contributed by atoms with van der Waals surface area (Å²) in [7, 11) is 2.67. The Morgan fingerprint density at radius 3 is 2.34 bits per heavy atom. The molecule has 12 nitrogen and oxygen atoms in total. The van der Waals surface area contributed by atoms with Gasteiger partial charge in [-0.1, -0.05) is 12.1 Å². The fraction of sp³-hybridized carbons (Fsp3) is 0.304. The molecule has 186 valence electrons. The van der Waals surface area contributed by atoms with E-state index in [4.69, 9.17) is 23.4 Å². The van der Waals surface area contributed by atoms with Crippen molar-refractivity contribution in [1.82, 2.24) is 0 Å². The number of aliphatic carboxylic acids is 1. The number of carboxylic acids is 1. The summed E-state index contributed by atoms with van der Waals surface area (Å²) in [6, 6.07) is 8.91. The van der Waals surface area contributed by atoms with Gasteiger partial charge in [-0.3, -0.25) is 4.79 Å². The standard InChI is InChI=1S/C23H22O12/c1-31-12-6-4-3-5-9(12)13-7-10(24)15-11(25)8-14(19(32-2)20(15)33-13)34-23-18(28)16(26)17(27)21(35-23)22(29)30/h3-8,16-18,21,23,25-28H,1-2H3,(H,29,30)/t16-,17-,18+,21-,23?/m0/s1. The Morgan fingerprint density at radius 2 is 1.69 bits per heavy atom. The third kappa shape index (κ3) is 4.23. The molecule has 0 spiro atoms. The van der Waals surface area contributed by atoms with Gasteiger partial charge in [-0.15, -0.1) is 0 Å². The number of hydrogen-bond donors (Lipinski definition) is 5. The summed E-state index contributed by atoms with van der Waals surface area (Å²) < 4.78 is 27.2. The average Bonchev–Trinajstić information content (AvgIpc) is 2.83. The molecule has 12 heteroatoms. The van der Waals surface area contributed by atoms with E-state index in [-0.39, 0.29) is 28.2 Å². The molecule has 0 radical (unpaired) electrons. The topological polar surface area (TPSA) is 185 Å². The molecule has 3 aromatic rings. The minimum absolute atomic E-state index is 0.0910. The number of carbonyl (C=O) groups is 1. The zero-order chi connectivity index (χ0) is 25.4. The molecule has 1 aliphatic heterocycles. The summed E-state index contributed by atoms with van der Waals surface area (Å²) in [5.74, 6) is -2.14. The van der Waals surface area contributed by atoms with Gasteiger partial charge >= 0.3 is 5.97 Å². The van der Waals surface area contributed by atoms with Crippen molar-refractivity contribution in [3.05, 3.63) is 46.6 Å². The van der Waals surface area contributed by atoms with Crippen molar-refractivity contribution in [2.45, 2.75) is 30.7 Å². The molecule has 2 aromatic carbocycles. The first kappa shape index (κ1) is 24.3. The molecule has 0 saturated carbocycles. The first-order chi connectivity index (χ1) is 16.7. The van der Waals surface area contributed by atoms with Crippen LogP contribution in [0.4, 0.5) is 0 Å². The Morgan fingerprint density at radius 1 is 0.971 bits per heavy atom. The number of hydrogen-bond acceptors (Lipinski definition) is 11. The van der Waals surface area contributed by atoms with Gasteiger partial charge < -0.3 is 48.9 Å². The number of carboxylic acid groups (broad SMARTS) is 1. The summed E-state index contributed by atoms with van der Waals surface area (Å²) in [5, 5.41) is 49.7. The largest absolute Gasteiger partial charge is 0.507 e. The normalized spacial score (nSPS) is 24.2. The van der Waals surface area contributed by atoms with Crippen LogP contribution in [0.5, 0.6) is 23.0 Å². The summed E-state index contributed by atoms with van der Waals surface area (Å²) in [6.45, 7) is 0. The van der Waals surface area contributed by atoms with Crippen molar-refractivity contribution in [1.29, 1.82) is 0 Å². The maximum atomic E-state index is 12.9. The zero-order valence-electron chi connectivity index (χ0n) is 18.4. The number of ether oxygens (including phenoxy) is 4. The predicted octanol–water partition coefficient (Wildman–Crippen LogP) is 0.454. The van der Waals surface area contributed by atoms with Crippen molar-refractivity contribution >= 4 is 16.9 Å². The first-order valence-electron chi connectivity index (χ1n) is 10.3. The van der Waals surface area contributed by atoms with E-state index >= 15 is 0 Å². The van der Waals surface area contributed by atoms with Gasteiger partial charge in [0.2, 0.25) is 12.0 Å². The second-order valence-corrected chi connectivity index (χ2v) is 7.66. The molecular formula is C23H22O12. The molecule has 1 aromatic heterocycles. The molecule has 1 unspecified atom stereocenters. The molecule has 1 saturated heterocycles. The lowest BCUT2D eigenvalue weighted by Gasteiger charge is -2.38. The smallest absolute Gasteiger partial charge is 0.335 e. The van der Waals surface area contributed by atoms with Crippen molar-refractivity contribution in [3.63, 3.8) is 0 Å². The molecular weight excluding hydrogens is 468 g/mol. The fourth-order valence-corrected chi connectivity index (χ4v) is 3.81. The van der Waals surface area contributed by atoms with Crippen molar-refractivity contribution < 1.29 is 53.7 Å². The van der Waals surface area contributed by atoms with Crippen LogP contribution < -0.4 is 19.6 Å². The average molecular weight is 490 g/mol. The number of phenols is 1. The lowest BCUT2D eigenvalue weighted by Crippen LogP contribution is -2.61. The molecule has 0 bridgehead atoms. The van der Waals surface area contributed by atoms with Crippen LogP contribution in [0.15, 0.2) is 45.6 Å².